The van der Waals surface area contributed by atoms with Crippen molar-refractivity contribution in [2.45, 2.75) is 66.2 Å². The highest BCUT2D eigenvalue weighted by Gasteiger charge is 2.33. The Balaban J connectivity index is 4.52. The number of carbonyl (C=O) groups is 1. The Morgan fingerprint density at radius 1 is 1.06 bits per heavy atom. The summed E-state index contributed by atoms with van der Waals surface area (Å²) in [7, 11) is 0. The molecule has 1 unspecified atom stereocenters. The lowest BCUT2D eigenvalue weighted by molar-refractivity contribution is -0.149. The van der Waals surface area contributed by atoms with Gasteiger partial charge in [0.15, 0.2) is 0 Å². The zero-order chi connectivity index (χ0) is 14.0. The van der Waals surface area contributed by atoms with E-state index in [1.807, 2.05) is 6.92 Å². The Bertz CT molecular complexity index is 223. The molecule has 0 fully saturated rings. The molecular formula is C15H31NO2. The van der Waals surface area contributed by atoms with Crippen LogP contribution in [-0.2, 0) is 4.79 Å². The summed E-state index contributed by atoms with van der Waals surface area (Å²) in [6.45, 7) is 11.1. The summed E-state index contributed by atoms with van der Waals surface area (Å²) in [5.41, 5.74) is -0.587. The van der Waals surface area contributed by atoms with Gasteiger partial charge in [-0.25, -0.2) is 0 Å². The van der Waals surface area contributed by atoms with Crippen molar-refractivity contribution in [3.05, 3.63) is 0 Å². The molecule has 18 heavy (non-hydrogen) atoms. The van der Waals surface area contributed by atoms with Gasteiger partial charge in [0.1, 0.15) is 0 Å². The topological polar surface area (TPSA) is 40.5 Å². The molecule has 3 heteroatoms. The second-order valence-electron chi connectivity index (χ2n) is 5.60. The lowest BCUT2D eigenvalue weighted by atomic mass is 9.85. The predicted molar refractivity (Wildman–Crippen MR) is 76.9 cm³/mol. The van der Waals surface area contributed by atoms with E-state index >= 15 is 0 Å². The van der Waals surface area contributed by atoms with E-state index < -0.39 is 11.4 Å². The lowest BCUT2D eigenvalue weighted by Gasteiger charge is -2.32. The first-order chi connectivity index (χ1) is 8.50. The molecule has 1 N–H and O–H groups in total. The van der Waals surface area contributed by atoms with E-state index in [-0.39, 0.29) is 0 Å². The Hall–Kier alpha value is -0.570. The van der Waals surface area contributed by atoms with Crippen LogP contribution in [0.2, 0.25) is 0 Å². The van der Waals surface area contributed by atoms with Gasteiger partial charge in [0.05, 0.1) is 5.41 Å². The van der Waals surface area contributed by atoms with Crippen LogP contribution in [0.4, 0.5) is 0 Å². The number of nitrogens with zero attached hydrogens (tertiary/aromatic N) is 1. The molecule has 1 atom stereocenters. The number of unbranched alkanes of at least 4 members (excludes halogenated alkanes) is 2. The highest BCUT2D eigenvalue weighted by atomic mass is 16.4. The second-order valence-corrected chi connectivity index (χ2v) is 5.60. The van der Waals surface area contributed by atoms with Crippen LogP contribution in [0.15, 0.2) is 0 Å². The molecule has 0 spiro atoms. The third-order valence-electron chi connectivity index (χ3n) is 3.55. The van der Waals surface area contributed by atoms with E-state index in [0.717, 1.165) is 38.8 Å². The van der Waals surface area contributed by atoms with E-state index in [1.165, 1.54) is 12.8 Å². The van der Waals surface area contributed by atoms with Crippen molar-refractivity contribution in [2.24, 2.45) is 5.41 Å². The van der Waals surface area contributed by atoms with Crippen molar-refractivity contribution >= 4 is 5.97 Å². The van der Waals surface area contributed by atoms with Gasteiger partial charge in [0.25, 0.3) is 0 Å². The Kier molecular flexibility index (Phi) is 9.08. The zero-order valence-electron chi connectivity index (χ0n) is 12.7. The van der Waals surface area contributed by atoms with Crippen molar-refractivity contribution in [1.82, 2.24) is 4.90 Å². The van der Waals surface area contributed by atoms with Gasteiger partial charge >= 0.3 is 5.97 Å². The predicted octanol–water partition coefficient (Wildman–Crippen LogP) is 3.78. The second kappa shape index (κ2) is 9.37. The Labute approximate surface area is 113 Å². The zero-order valence-corrected chi connectivity index (χ0v) is 12.7. The quantitative estimate of drug-likeness (QED) is 0.612. The maximum atomic E-state index is 11.5. The average molecular weight is 257 g/mol. The molecule has 108 valence electrons. The minimum atomic E-state index is -0.651. The molecule has 0 heterocycles. The fourth-order valence-corrected chi connectivity index (χ4v) is 2.33. The van der Waals surface area contributed by atoms with Crippen LogP contribution in [0.1, 0.15) is 66.2 Å². The van der Waals surface area contributed by atoms with Crippen molar-refractivity contribution in [1.29, 1.82) is 0 Å². The SMILES string of the molecule is CCCCN(CCCC)CC(C)(CCC)C(=O)O. The first kappa shape index (κ1) is 17.4. The minimum Gasteiger partial charge on any atom is -0.481 e. The largest absolute Gasteiger partial charge is 0.481 e. The van der Waals surface area contributed by atoms with E-state index in [0.29, 0.717) is 6.54 Å². The number of carboxylic acid groups (broad SMARTS) is 1. The fourth-order valence-electron chi connectivity index (χ4n) is 2.33. The standard InChI is InChI=1S/C15H31NO2/c1-5-8-11-16(12-9-6-2)13-15(4,10-7-3)14(17)18/h5-13H2,1-4H3,(H,17,18). The lowest BCUT2D eigenvalue weighted by Crippen LogP contribution is -2.42. The smallest absolute Gasteiger partial charge is 0.310 e. The van der Waals surface area contributed by atoms with Gasteiger partial charge in [-0.3, -0.25) is 4.79 Å². The van der Waals surface area contributed by atoms with Crippen LogP contribution < -0.4 is 0 Å². The summed E-state index contributed by atoms with van der Waals surface area (Å²) in [5, 5.41) is 9.44. The van der Waals surface area contributed by atoms with Crippen molar-refractivity contribution in [2.75, 3.05) is 19.6 Å². The number of rotatable bonds is 11. The van der Waals surface area contributed by atoms with Gasteiger partial charge in [-0.05, 0) is 39.3 Å². The van der Waals surface area contributed by atoms with E-state index in [9.17, 15) is 9.90 Å². The van der Waals surface area contributed by atoms with E-state index in [2.05, 4.69) is 25.7 Å². The van der Waals surface area contributed by atoms with Gasteiger partial charge in [-0.15, -0.1) is 0 Å². The molecular weight excluding hydrogens is 226 g/mol. The average Bonchev–Trinajstić information content (AvgIpc) is 2.32. The van der Waals surface area contributed by atoms with Crippen LogP contribution >= 0.6 is 0 Å². The van der Waals surface area contributed by atoms with Gasteiger partial charge < -0.3 is 10.0 Å². The molecule has 0 aromatic heterocycles. The molecule has 0 aliphatic carbocycles. The first-order valence-electron chi connectivity index (χ1n) is 7.45. The maximum Gasteiger partial charge on any atom is 0.310 e. The van der Waals surface area contributed by atoms with Crippen molar-refractivity contribution in [3.63, 3.8) is 0 Å². The number of hydrogen-bond acceptors (Lipinski definition) is 2. The molecule has 0 rings (SSSR count). The van der Waals surface area contributed by atoms with Crippen LogP contribution in [0.5, 0.6) is 0 Å². The monoisotopic (exact) mass is 257 g/mol. The third-order valence-corrected chi connectivity index (χ3v) is 3.55. The van der Waals surface area contributed by atoms with Gasteiger partial charge in [-0.1, -0.05) is 40.0 Å². The summed E-state index contributed by atoms with van der Waals surface area (Å²) < 4.78 is 0. The molecule has 0 saturated carbocycles. The molecule has 0 bridgehead atoms. The van der Waals surface area contributed by atoms with E-state index in [4.69, 9.17) is 0 Å². The van der Waals surface area contributed by atoms with E-state index in [1.54, 1.807) is 0 Å². The highest BCUT2D eigenvalue weighted by Crippen LogP contribution is 2.25. The number of hydrogen-bond donors (Lipinski definition) is 1. The number of aliphatic carboxylic acids is 1. The summed E-state index contributed by atoms with van der Waals surface area (Å²) in [5.74, 6) is -0.651. The fraction of sp³-hybridized carbons (Fsp3) is 0.933. The van der Waals surface area contributed by atoms with Gasteiger partial charge in [-0.2, -0.15) is 0 Å². The van der Waals surface area contributed by atoms with Gasteiger partial charge in [0.2, 0.25) is 0 Å². The summed E-state index contributed by atoms with van der Waals surface area (Å²) in [6, 6.07) is 0. The van der Waals surface area contributed by atoms with Crippen LogP contribution in [0.25, 0.3) is 0 Å². The molecule has 0 amide bonds. The number of carboxylic acids is 1. The first-order valence-corrected chi connectivity index (χ1v) is 7.45. The molecule has 0 aliphatic heterocycles. The summed E-state index contributed by atoms with van der Waals surface area (Å²) >= 11 is 0. The summed E-state index contributed by atoms with van der Waals surface area (Å²) in [6.07, 6.45) is 6.34. The van der Waals surface area contributed by atoms with Crippen molar-refractivity contribution in [3.8, 4) is 0 Å². The molecule has 0 radical (unpaired) electrons. The molecule has 3 nitrogen and oxygen atoms in total. The maximum absolute atomic E-state index is 11.5. The van der Waals surface area contributed by atoms with Crippen LogP contribution in [-0.4, -0.2) is 35.6 Å². The minimum absolute atomic E-state index is 0.587. The Morgan fingerprint density at radius 2 is 1.56 bits per heavy atom. The summed E-state index contributed by atoms with van der Waals surface area (Å²) in [4.78, 5) is 13.8. The molecule has 0 aromatic carbocycles. The molecule has 0 aromatic rings. The van der Waals surface area contributed by atoms with Crippen molar-refractivity contribution < 1.29 is 9.90 Å². The third kappa shape index (κ3) is 6.39. The normalized spacial score (nSPS) is 14.7. The van der Waals surface area contributed by atoms with Gasteiger partial charge in [0, 0.05) is 6.54 Å². The van der Waals surface area contributed by atoms with Crippen LogP contribution in [0.3, 0.4) is 0 Å². The molecule has 0 saturated heterocycles. The Morgan fingerprint density at radius 3 is 1.89 bits per heavy atom. The van der Waals surface area contributed by atoms with Crippen LogP contribution in [0, 0.1) is 5.41 Å². The molecule has 0 aliphatic rings. The highest BCUT2D eigenvalue weighted by molar-refractivity contribution is 5.74.